The van der Waals surface area contributed by atoms with Crippen molar-refractivity contribution in [2.75, 3.05) is 54.9 Å². The van der Waals surface area contributed by atoms with Gasteiger partial charge in [0.25, 0.3) is 5.91 Å². The van der Waals surface area contributed by atoms with Crippen molar-refractivity contribution in [1.29, 1.82) is 0 Å². The molecule has 236 valence electrons. The fourth-order valence-electron chi connectivity index (χ4n) is 7.15. The Morgan fingerprint density at radius 3 is 2.65 bits per heavy atom. The molecule has 0 bridgehead atoms. The molecule has 46 heavy (non-hydrogen) atoms. The van der Waals surface area contributed by atoms with E-state index in [4.69, 9.17) is 10.7 Å². The minimum absolute atomic E-state index is 0.105. The van der Waals surface area contributed by atoms with Gasteiger partial charge in [0.05, 0.1) is 23.3 Å². The summed E-state index contributed by atoms with van der Waals surface area (Å²) in [7, 11) is 2.14. The Labute approximate surface area is 266 Å². The number of pyridine rings is 1. The van der Waals surface area contributed by atoms with Crippen molar-refractivity contribution >= 4 is 34.6 Å². The Kier molecular flexibility index (Phi) is 7.18. The van der Waals surface area contributed by atoms with Crippen LogP contribution in [0.2, 0.25) is 0 Å². The highest BCUT2D eigenvalue weighted by Crippen LogP contribution is 2.36. The Morgan fingerprint density at radius 2 is 1.85 bits per heavy atom. The van der Waals surface area contributed by atoms with Crippen LogP contribution in [0.4, 0.5) is 27.4 Å². The van der Waals surface area contributed by atoms with E-state index in [9.17, 15) is 4.79 Å². The van der Waals surface area contributed by atoms with Gasteiger partial charge in [0.1, 0.15) is 17.3 Å². The number of carbonyl (C=O) groups excluding carboxylic acids is 1. The zero-order valence-corrected chi connectivity index (χ0v) is 25.9. The number of anilines is 4. The van der Waals surface area contributed by atoms with Crippen LogP contribution in [0.5, 0.6) is 0 Å². The molecule has 0 atom stereocenters. The van der Waals surface area contributed by atoms with Crippen LogP contribution in [0, 0.1) is 5.82 Å². The number of halogens is 1. The minimum Gasteiger partial charge on any atom is -0.368 e. The second-order valence-corrected chi connectivity index (χ2v) is 12.4. The molecule has 3 aliphatic rings. The van der Waals surface area contributed by atoms with E-state index in [0.29, 0.717) is 58.6 Å². The van der Waals surface area contributed by atoms with Gasteiger partial charge in [0.15, 0.2) is 11.5 Å². The Morgan fingerprint density at radius 1 is 1.00 bits per heavy atom. The van der Waals surface area contributed by atoms with Crippen LogP contribution in [-0.4, -0.2) is 74.5 Å². The first-order chi connectivity index (χ1) is 22.5. The summed E-state index contributed by atoms with van der Waals surface area (Å²) in [5.41, 5.74) is 13.4. The Bertz CT molecular complexity index is 1940. The van der Waals surface area contributed by atoms with Gasteiger partial charge in [-0.1, -0.05) is 0 Å². The van der Waals surface area contributed by atoms with Crippen LogP contribution >= 0.6 is 0 Å². The molecule has 0 spiro atoms. The van der Waals surface area contributed by atoms with E-state index in [2.05, 4.69) is 42.8 Å². The number of aromatic nitrogens is 5. The van der Waals surface area contributed by atoms with Crippen molar-refractivity contribution in [1.82, 2.24) is 28.8 Å². The van der Waals surface area contributed by atoms with Crippen LogP contribution in [0.1, 0.15) is 40.2 Å². The van der Waals surface area contributed by atoms with Gasteiger partial charge < -0.3 is 34.7 Å². The smallest absolute Gasteiger partial charge is 0.274 e. The van der Waals surface area contributed by atoms with Gasteiger partial charge in [-0.2, -0.15) is 0 Å². The first-order valence-electron chi connectivity index (χ1n) is 16.0. The zero-order valence-electron chi connectivity index (χ0n) is 25.9. The summed E-state index contributed by atoms with van der Waals surface area (Å²) in [6, 6.07) is 8.88. The lowest BCUT2D eigenvalue weighted by Gasteiger charge is -2.33. The molecule has 0 saturated carbocycles. The lowest BCUT2D eigenvalue weighted by atomic mass is 9.98. The SMILES string of the molecule is CN1CCN(c2ccc(Nc3nc(-c4cc(F)cc(N5CCn6c(cc7c6CCCC7)C5=O)c4CN)cn4ccnc34)nc2)CC1. The van der Waals surface area contributed by atoms with Crippen LogP contribution in [0.15, 0.2) is 55.1 Å². The standard InChI is InChI=1S/C34H37FN10O/c1-41-10-12-42(13-11-41)24-6-7-31(38-20-24)40-32-33-37-8-9-43(33)21-27(39-32)25-17-23(35)18-29(26(25)19-36)45-15-14-44-28-5-3-2-4-22(28)16-30(44)34(45)46/h6-9,16-18,20-21H,2-5,10-15,19,36H2,1H3,(H,38,39,40). The number of hydrogen-bond acceptors (Lipinski definition) is 8. The number of imidazole rings is 1. The third kappa shape index (κ3) is 4.97. The minimum atomic E-state index is -0.460. The van der Waals surface area contributed by atoms with Gasteiger partial charge in [-0.3, -0.25) is 4.79 Å². The van der Waals surface area contributed by atoms with Gasteiger partial charge in [0, 0.05) is 75.7 Å². The summed E-state index contributed by atoms with van der Waals surface area (Å²) in [5.74, 6) is 0.515. The maximum absolute atomic E-state index is 15.4. The van der Waals surface area contributed by atoms with E-state index in [1.54, 1.807) is 11.1 Å². The van der Waals surface area contributed by atoms with E-state index in [-0.39, 0.29) is 12.5 Å². The van der Waals surface area contributed by atoms with Crippen molar-refractivity contribution in [3.05, 3.63) is 83.5 Å². The van der Waals surface area contributed by atoms with Crippen molar-refractivity contribution in [3.63, 3.8) is 0 Å². The molecule has 5 aromatic rings. The average molecular weight is 621 g/mol. The van der Waals surface area contributed by atoms with Gasteiger partial charge in [0.2, 0.25) is 0 Å². The molecule has 12 heteroatoms. The van der Waals surface area contributed by atoms with E-state index in [1.807, 2.05) is 35.1 Å². The van der Waals surface area contributed by atoms with Crippen LogP contribution in [0.3, 0.4) is 0 Å². The normalized spacial score (nSPS) is 17.0. The molecule has 3 N–H and O–H groups in total. The molecular formula is C34H37FN10O. The van der Waals surface area contributed by atoms with Crippen LogP contribution in [0.25, 0.3) is 16.9 Å². The molecular weight excluding hydrogens is 583 g/mol. The molecule has 2 aliphatic heterocycles. The molecule has 8 rings (SSSR count). The van der Waals surface area contributed by atoms with Gasteiger partial charge >= 0.3 is 0 Å². The number of aryl methyl sites for hydroxylation is 1. The number of nitrogens with zero attached hydrogens (tertiary/aromatic N) is 8. The lowest BCUT2D eigenvalue weighted by Crippen LogP contribution is -2.44. The fourth-order valence-corrected chi connectivity index (χ4v) is 7.15. The third-order valence-corrected chi connectivity index (χ3v) is 9.62. The van der Waals surface area contributed by atoms with Gasteiger partial charge in [-0.25, -0.2) is 19.3 Å². The predicted octanol–water partition coefficient (Wildman–Crippen LogP) is 4.23. The molecule has 1 aromatic carbocycles. The molecule has 1 aliphatic carbocycles. The predicted molar refractivity (Wildman–Crippen MR) is 176 cm³/mol. The lowest BCUT2D eigenvalue weighted by molar-refractivity contribution is 0.0964. The molecule has 11 nitrogen and oxygen atoms in total. The molecule has 6 heterocycles. The first kappa shape index (κ1) is 28.6. The summed E-state index contributed by atoms with van der Waals surface area (Å²) in [4.78, 5) is 34.3. The van der Waals surface area contributed by atoms with Gasteiger partial charge in [-0.15, -0.1) is 0 Å². The van der Waals surface area contributed by atoms with Crippen molar-refractivity contribution in [3.8, 4) is 11.3 Å². The quantitative estimate of drug-likeness (QED) is 0.290. The molecule has 0 unspecified atom stereocenters. The number of nitrogens with one attached hydrogen (secondary N) is 1. The van der Waals surface area contributed by atoms with Crippen LogP contribution in [-0.2, 0) is 25.9 Å². The zero-order chi connectivity index (χ0) is 31.4. The monoisotopic (exact) mass is 620 g/mol. The first-order valence-corrected chi connectivity index (χ1v) is 16.0. The molecule has 4 aromatic heterocycles. The molecule has 1 saturated heterocycles. The number of fused-ring (bicyclic) bond motifs is 4. The highest BCUT2D eigenvalue weighted by atomic mass is 19.1. The highest BCUT2D eigenvalue weighted by molar-refractivity contribution is 6.07. The Hall–Kier alpha value is -4.81. The molecule has 1 amide bonds. The summed E-state index contributed by atoms with van der Waals surface area (Å²) >= 11 is 0. The number of likely N-dealkylation sites (N-methyl/N-ethyl adjacent to an activating group) is 1. The van der Waals surface area contributed by atoms with Gasteiger partial charge in [-0.05, 0) is 74.2 Å². The summed E-state index contributed by atoms with van der Waals surface area (Å²) in [5, 5.41) is 3.33. The summed E-state index contributed by atoms with van der Waals surface area (Å²) in [6.07, 6.45) is 11.5. The second-order valence-electron chi connectivity index (χ2n) is 12.4. The maximum Gasteiger partial charge on any atom is 0.274 e. The topological polar surface area (TPSA) is 113 Å². The fraction of sp³-hybridized carbons (Fsp3) is 0.353. The van der Waals surface area contributed by atoms with Crippen molar-refractivity contribution in [2.24, 2.45) is 5.73 Å². The number of benzene rings is 1. The third-order valence-electron chi connectivity index (χ3n) is 9.62. The number of rotatable bonds is 6. The number of carbonyl (C=O) groups is 1. The van der Waals surface area contributed by atoms with Crippen LogP contribution < -0.4 is 20.9 Å². The number of piperazine rings is 1. The summed E-state index contributed by atoms with van der Waals surface area (Å²) in [6.45, 7) is 5.17. The number of nitrogens with two attached hydrogens (primary N) is 1. The van der Waals surface area contributed by atoms with E-state index < -0.39 is 5.82 Å². The maximum atomic E-state index is 15.4. The average Bonchev–Trinajstić information content (AvgIpc) is 3.71. The van der Waals surface area contributed by atoms with E-state index in [1.165, 1.54) is 23.4 Å². The van der Waals surface area contributed by atoms with Crippen molar-refractivity contribution < 1.29 is 9.18 Å². The number of amides is 1. The Balaban J connectivity index is 1.13. The van der Waals surface area contributed by atoms with E-state index >= 15 is 4.39 Å². The van der Waals surface area contributed by atoms with E-state index in [0.717, 1.165) is 57.5 Å². The summed E-state index contributed by atoms with van der Waals surface area (Å²) < 4.78 is 19.4. The molecule has 0 radical (unpaired) electrons. The second kappa shape index (κ2) is 11.5. The molecule has 1 fully saturated rings. The highest BCUT2D eigenvalue weighted by Gasteiger charge is 2.32. The van der Waals surface area contributed by atoms with Crippen molar-refractivity contribution in [2.45, 2.75) is 38.8 Å². The number of hydrogen-bond donors (Lipinski definition) is 2. The largest absolute Gasteiger partial charge is 0.368 e.